The molecule has 4 nitrogen and oxygen atoms in total. The minimum atomic E-state index is -4.53. The lowest BCUT2D eigenvalue weighted by molar-refractivity contribution is -0.137. The van der Waals surface area contributed by atoms with Gasteiger partial charge < -0.3 is 14.2 Å². The third kappa shape index (κ3) is 6.20. The van der Waals surface area contributed by atoms with Crippen LogP contribution in [0.25, 0.3) is 0 Å². The number of aromatic nitrogens is 1. The Bertz CT molecular complexity index is 1030. The number of benzene rings is 2. The quantitative estimate of drug-likeness (QED) is 0.326. The van der Waals surface area contributed by atoms with Gasteiger partial charge in [-0.25, -0.2) is 4.39 Å². The van der Waals surface area contributed by atoms with E-state index in [0.29, 0.717) is 26.1 Å². The summed E-state index contributed by atoms with van der Waals surface area (Å²) in [5.41, 5.74) is 0.819. The first-order valence-corrected chi connectivity index (χ1v) is 10.1. The maximum atomic E-state index is 13.2. The van der Waals surface area contributed by atoms with E-state index < -0.39 is 17.6 Å². The third-order valence-electron chi connectivity index (χ3n) is 5.04. The number of halogens is 4. The molecule has 0 fully saturated rings. The predicted octanol–water partition coefficient (Wildman–Crippen LogP) is 5.37. The second kappa shape index (κ2) is 10.5. The van der Waals surface area contributed by atoms with Crippen molar-refractivity contribution < 1.29 is 27.1 Å². The monoisotopic (exact) mass is 448 g/mol. The standard InChI is InChI=1S/C24H24F4N2O2/c1-32-14-4-13-30(23(31)19-5-2-6-20(15-19)24(26,27)28)17-22-7-3-12-29(22)16-18-8-10-21(25)11-9-18/h2-3,5-12,15H,4,13-14,16-17H2,1H3. The summed E-state index contributed by atoms with van der Waals surface area (Å²) >= 11 is 0. The van der Waals surface area contributed by atoms with Crippen LogP contribution in [-0.2, 0) is 24.0 Å². The van der Waals surface area contributed by atoms with Crippen LogP contribution in [0.1, 0.15) is 33.6 Å². The Morgan fingerprint density at radius 2 is 1.81 bits per heavy atom. The summed E-state index contributed by atoms with van der Waals surface area (Å²) in [6, 6.07) is 14.3. The lowest BCUT2D eigenvalue weighted by Crippen LogP contribution is -2.33. The van der Waals surface area contributed by atoms with Gasteiger partial charge in [0.1, 0.15) is 5.82 Å². The van der Waals surface area contributed by atoms with Gasteiger partial charge in [-0.05, 0) is 54.4 Å². The lowest BCUT2D eigenvalue weighted by atomic mass is 10.1. The number of amides is 1. The summed E-state index contributed by atoms with van der Waals surface area (Å²) in [5.74, 6) is -0.806. The number of carbonyl (C=O) groups excluding carboxylic acids is 1. The minimum absolute atomic E-state index is 0.0196. The second-order valence-electron chi connectivity index (χ2n) is 7.41. The van der Waals surface area contributed by atoms with Crippen molar-refractivity contribution in [2.45, 2.75) is 25.7 Å². The number of ether oxygens (including phenoxy) is 1. The molecule has 0 aliphatic heterocycles. The number of nitrogens with zero attached hydrogens (tertiary/aromatic N) is 2. The van der Waals surface area contributed by atoms with E-state index in [2.05, 4.69) is 0 Å². The molecule has 0 bridgehead atoms. The number of hydrogen-bond donors (Lipinski definition) is 0. The maximum absolute atomic E-state index is 13.2. The van der Waals surface area contributed by atoms with Gasteiger partial charge in [0, 0.05) is 44.3 Å². The molecule has 8 heteroatoms. The van der Waals surface area contributed by atoms with E-state index in [1.807, 2.05) is 22.9 Å². The molecular formula is C24H24F4N2O2. The molecule has 0 aliphatic carbocycles. The number of hydrogen-bond acceptors (Lipinski definition) is 2. The van der Waals surface area contributed by atoms with Gasteiger partial charge in [0.25, 0.3) is 5.91 Å². The third-order valence-corrected chi connectivity index (χ3v) is 5.04. The fourth-order valence-corrected chi connectivity index (χ4v) is 3.39. The van der Waals surface area contributed by atoms with Crippen molar-refractivity contribution in [2.24, 2.45) is 0 Å². The normalized spacial score (nSPS) is 11.5. The lowest BCUT2D eigenvalue weighted by Gasteiger charge is -2.24. The van der Waals surface area contributed by atoms with Crippen LogP contribution in [0, 0.1) is 5.82 Å². The van der Waals surface area contributed by atoms with E-state index in [-0.39, 0.29) is 17.9 Å². The Balaban J connectivity index is 1.82. The average Bonchev–Trinajstić information content (AvgIpc) is 3.20. The van der Waals surface area contributed by atoms with Crippen LogP contribution in [0.3, 0.4) is 0 Å². The Morgan fingerprint density at radius 3 is 2.50 bits per heavy atom. The van der Waals surface area contributed by atoms with Gasteiger partial charge in [0.2, 0.25) is 0 Å². The van der Waals surface area contributed by atoms with Crippen molar-refractivity contribution in [1.29, 1.82) is 0 Å². The first kappa shape index (κ1) is 23.5. The van der Waals surface area contributed by atoms with Crippen LogP contribution >= 0.6 is 0 Å². The Hall–Kier alpha value is -3.13. The van der Waals surface area contributed by atoms with Gasteiger partial charge in [-0.15, -0.1) is 0 Å². The molecule has 0 atom stereocenters. The molecule has 1 amide bonds. The smallest absolute Gasteiger partial charge is 0.385 e. The zero-order valence-corrected chi connectivity index (χ0v) is 17.6. The SMILES string of the molecule is COCCCN(Cc1cccn1Cc1ccc(F)cc1)C(=O)c1cccc(C(F)(F)F)c1. The highest BCUT2D eigenvalue weighted by Crippen LogP contribution is 2.30. The van der Waals surface area contributed by atoms with Gasteiger partial charge in [-0.2, -0.15) is 13.2 Å². The van der Waals surface area contributed by atoms with E-state index in [9.17, 15) is 22.4 Å². The average molecular weight is 448 g/mol. The van der Waals surface area contributed by atoms with Gasteiger partial charge in [-0.3, -0.25) is 4.79 Å². The van der Waals surface area contributed by atoms with Crippen LogP contribution in [0.5, 0.6) is 0 Å². The second-order valence-corrected chi connectivity index (χ2v) is 7.41. The topological polar surface area (TPSA) is 34.5 Å². The molecule has 3 aromatic rings. The van der Waals surface area contributed by atoms with Crippen molar-refractivity contribution in [2.75, 3.05) is 20.3 Å². The fourth-order valence-electron chi connectivity index (χ4n) is 3.39. The molecule has 1 heterocycles. The number of methoxy groups -OCH3 is 1. The molecule has 2 aromatic carbocycles. The van der Waals surface area contributed by atoms with E-state index in [1.165, 1.54) is 29.2 Å². The van der Waals surface area contributed by atoms with E-state index in [1.54, 1.807) is 19.2 Å². The first-order chi connectivity index (χ1) is 15.3. The summed E-state index contributed by atoms with van der Waals surface area (Å²) in [6.07, 6.45) is -2.14. The van der Waals surface area contributed by atoms with Gasteiger partial charge in [-0.1, -0.05) is 18.2 Å². The van der Waals surface area contributed by atoms with Crippen LogP contribution in [0.15, 0.2) is 66.9 Å². The maximum Gasteiger partial charge on any atom is 0.416 e. The summed E-state index contributed by atoms with van der Waals surface area (Å²) in [6.45, 7) is 1.44. The van der Waals surface area contributed by atoms with Gasteiger partial charge >= 0.3 is 6.18 Å². The van der Waals surface area contributed by atoms with Crippen molar-refractivity contribution in [3.63, 3.8) is 0 Å². The Kier molecular flexibility index (Phi) is 7.69. The van der Waals surface area contributed by atoms with Crippen molar-refractivity contribution in [1.82, 2.24) is 9.47 Å². The molecule has 0 saturated carbocycles. The zero-order chi connectivity index (χ0) is 23.1. The summed E-state index contributed by atoms with van der Waals surface area (Å²) < 4.78 is 59.5. The molecule has 3 rings (SSSR count). The molecule has 32 heavy (non-hydrogen) atoms. The molecular weight excluding hydrogens is 424 g/mol. The van der Waals surface area contributed by atoms with Gasteiger partial charge in [0.15, 0.2) is 0 Å². The highest BCUT2D eigenvalue weighted by atomic mass is 19.4. The summed E-state index contributed by atoms with van der Waals surface area (Å²) in [7, 11) is 1.55. The van der Waals surface area contributed by atoms with E-state index >= 15 is 0 Å². The highest BCUT2D eigenvalue weighted by Gasteiger charge is 2.31. The van der Waals surface area contributed by atoms with Gasteiger partial charge in [0.05, 0.1) is 12.1 Å². The van der Waals surface area contributed by atoms with E-state index in [4.69, 9.17) is 4.74 Å². The highest BCUT2D eigenvalue weighted by molar-refractivity contribution is 5.94. The van der Waals surface area contributed by atoms with Crippen molar-refractivity contribution in [3.05, 3.63) is 95.1 Å². The zero-order valence-electron chi connectivity index (χ0n) is 17.6. The molecule has 1 aromatic heterocycles. The Labute approximate surface area is 184 Å². The Morgan fingerprint density at radius 1 is 1.06 bits per heavy atom. The fraction of sp³-hybridized carbons (Fsp3) is 0.292. The predicted molar refractivity (Wildman–Crippen MR) is 113 cm³/mol. The van der Waals surface area contributed by atoms with Crippen LogP contribution in [-0.4, -0.2) is 35.6 Å². The molecule has 0 spiro atoms. The molecule has 0 N–H and O–H groups in total. The molecule has 0 saturated heterocycles. The molecule has 170 valence electrons. The molecule has 0 aliphatic rings. The summed E-state index contributed by atoms with van der Waals surface area (Å²) in [5, 5.41) is 0. The van der Waals surface area contributed by atoms with Crippen molar-refractivity contribution in [3.8, 4) is 0 Å². The number of carbonyl (C=O) groups is 1. The van der Waals surface area contributed by atoms with E-state index in [0.717, 1.165) is 23.4 Å². The number of alkyl halides is 3. The van der Waals surface area contributed by atoms with Crippen LogP contribution in [0.4, 0.5) is 17.6 Å². The van der Waals surface area contributed by atoms with Crippen LogP contribution in [0.2, 0.25) is 0 Å². The number of rotatable bonds is 9. The largest absolute Gasteiger partial charge is 0.416 e. The first-order valence-electron chi connectivity index (χ1n) is 10.1. The molecule has 0 radical (unpaired) electrons. The van der Waals surface area contributed by atoms with Crippen LogP contribution < -0.4 is 0 Å². The minimum Gasteiger partial charge on any atom is -0.385 e. The molecule has 0 unspecified atom stereocenters. The summed E-state index contributed by atoms with van der Waals surface area (Å²) in [4.78, 5) is 14.6. The van der Waals surface area contributed by atoms with Crippen molar-refractivity contribution >= 4 is 5.91 Å².